The summed E-state index contributed by atoms with van der Waals surface area (Å²) in [5, 5.41) is 3.03. The maximum atomic E-state index is 13.5. The predicted octanol–water partition coefficient (Wildman–Crippen LogP) is 6.13. The molecule has 1 aliphatic heterocycles. The van der Waals surface area contributed by atoms with E-state index in [1.165, 1.54) is 10.4 Å². The highest BCUT2D eigenvalue weighted by atomic mass is 35.5. The topological polar surface area (TPSA) is 88.6 Å². The smallest absolute Gasteiger partial charge is 0.265 e. The van der Waals surface area contributed by atoms with E-state index in [0.29, 0.717) is 11.7 Å². The monoisotopic (exact) mass is 533 g/mol. The molecule has 0 saturated heterocycles. The summed E-state index contributed by atoms with van der Waals surface area (Å²) in [7, 11) is -3.88. The van der Waals surface area contributed by atoms with Crippen LogP contribution in [0.25, 0.3) is 0 Å². The van der Waals surface area contributed by atoms with Crippen LogP contribution in [-0.4, -0.2) is 32.5 Å². The van der Waals surface area contributed by atoms with Gasteiger partial charge in [-0.3, -0.25) is 4.79 Å². The molecule has 2 heterocycles. The molecule has 7 nitrogen and oxygen atoms in total. The van der Waals surface area contributed by atoms with E-state index in [-0.39, 0.29) is 45.3 Å². The summed E-state index contributed by atoms with van der Waals surface area (Å²) in [5.74, 6) is 0.445. The van der Waals surface area contributed by atoms with Crippen molar-refractivity contribution in [2.75, 3.05) is 22.8 Å². The Balaban J connectivity index is 0.00000141. The number of nitrogens with one attached hydrogen (secondary N) is 1. The Morgan fingerprint density at radius 3 is 2.43 bits per heavy atom. The van der Waals surface area contributed by atoms with Crippen LogP contribution in [0.5, 0.6) is 5.75 Å². The SMILES string of the molecule is CC.O=C(Nc1ccc2c(n1)N(S(=O)(=O)c1cccc(C3CC3)c1)CCO2)c1c(Cl)cccc1Cl. The summed E-state index contributed by atoms with van der Waals surface area (Å²) in [6.07, 6.45) is 2.15. The van der Waals surface area contributed by atoms with Crippen LogP contribution in [0.1, 0.15) is 48.5 Å². The molecule has 5 rings (SSSR count). The molecular weight excluding hydrogens is 509 g/mol. The lowest BCUT2D eigenvalue weighted by Gasteiger charge is -2.29. The number of pyridine rings is 1. The van der Waals surface area contributed by atoms with Crippen LogP contribution < -0.4 is 14.4 Å². The van der Waals surface area contributed by atoms with E-state index >= 15 is 0 Å². The molecule has 1 aliphatic carbocycles. The van der Waals surface area contributed by atoms with Crippen molar-refractivity contribution in [2.24, 2.45) is 0 Å². The van der Waals surface area contributed by atoms with Gasteiger partial charge in [-0.2, -0.15) is 0 Å². The number of ether oxygens (including phenoxy) is 1. The largest absolute Gasteiger partial charge is 0.488 e. The van der Waals surface area contributed by atoms with Crippen molar-refractivity contribution >= 4 is 50.8 Å². The van der Waals surface area contributed by atoms with Crippen molar-refractivity contribution in [1.82, 2.24) is 4.98 Å². The van der Waals surface area contributed by atoms with Gasteiger partial charge in [-0.25, -0.2) is 17.7 Å². The molecule has 1 amide bonds. The van der Waals surface area contributed by atoms with Gasteiger partial charge in [0.1, 0.15) is 12.4 Å². The molecule has 2 aromatic carbocycles. The Labute approximate surface area is 215 Å². The number of rotatable bonds is 5. The predicted molar refractivity (Wildman–Crippen MR) is 138 cm³/mol. The molecular formula is C25H25Cl2N3O4S. The van der Waals surface area contributed by atoms with Crippen LogP contribution in [0, 0.1) is 0 Å². The summed E-state index contributed by atoms with van der Waals surface area (Å²) >= 11 is 12.2. The number of aromatic nitrogens is 1. The lowest BCUT2D eigenvalue weighted by molar-refractivity contribution is 0.102. The average Bonchev–Trinajstić information content (AvgIpc) is 3.70. The molecule has 1 saturated carbocycles. The highest BCUT2D eigenvalue weighted by molar-refractivity contribution is 7.92. The third-order valence-electron chi connectivity index (χ3n) is 5.55. The fourth-order valence-corrected chi connectivity index (χ4v) is 5.77. The standard InChI is InChI=1S/C23H19Cl2N3O4S.C2H6/c24-17-5-2-6-18(25)21(17)23(29)27-20-10-9-19-22(26-20)28(11-12-32-19)33(30,31)16-4-1-3-15(13-16)14-7-8-14;1-2/h1-6,9-10,13-14H,7-8,11-12H2,(H,26,27,29);1-2H3. The fraction of sp³-hybridized carbons (Fsp3) is 0.280. The number of benzene rings is 2. The Morgan fingerprint density at radius 2 is 1.74 bits per heavy atom. The van der Waals surface area contributed by atoms with Crippen LogP contribution in [0.4, 0.5) is 11.6 Å². The number of amides is 1. The molecule has 35 heavy (non-hydrogen) atoms. The number of carbonyl (C=O) groups excluding carboxylic acids is 1. The fourth-order valence-electron chi connectivity index (χ4n) is 3.74. The molecule has 1 fully saturated rings. The van der Waals surface area contributed by atoms with E-state index in [4.69, 9.17) is 27.9 Å². The summed E-state index contributed by atoms with van der Waals surface area (Å²) in [6.45, 7) is 4.29. The molecule has 0 unspecified atom stereocenters. The molecule has 1 N–H and O–H groups in total. The van der Waals surface area contributed by atoms with E-state index in [1.54, 1.807) is 42.5 Å². The van der Waals surface area contributed by atoms with Crippen molar-refractivity contribution in [3.8, 4) is 5.75 Å². The van der Waals surface area contributed by atoms with Crippen molar-refractivity contribution in [3.63, 3.8) is 0 Å². The first-order valence-corrected chi connectivity index (χ1v) is 13.6. The normalized spacial score (nSPS) is 14.8. The minimum atomic E-state index is -3.88. The number of anilines is 2. The average molecular weight is 534 g/mol. The van der Waals surface area contributed by atoms with Gasteiger partial charge in [-0.15, -0.1) is 0 Å². The zero-order valence-electron chi connectivity index (χ0n) is 19.3. The van der Waals surface area contributed by atoms with Crippen LogP contribution in [0.15, 0.2) is 59.5 Å². The summed E-state index contributed by atoms with van der Waals surface area (Å²) in [4.78, 5) is 17.3. The first-order valence-electron chi connectivity index (χ1n) is 11.4. The van der Waals surface area contributed by atoms with Crippen molar-refractivity contribution < 1.29 is 17.9 Å². The minimum Gasteiger partial charge on any atom is -0.488 e. The summed E-state index contributed by atoms with van der Waals surface area (Å²) in [5.41, 5.74) is 1.13. The van der Waals surface area contributed by atoms with Gasteiger partial charge in [-0.05, 0) is 60.7 Å². The van der Waals surface area contributed by atoms with Crippen molar-refractivity contribution in [3.05, 3.63) is 75.8 Å². The Hall–Kier alpha value is -2.81. The lowest BCUT2D eigenvalue weighted by Crippen LogP contribution is -2.38. The summed E-state index contributed by atoms with van der Waals surface area (Å²) < 4.78 is 33.8. The van der Waals surface area contributed by atoms with Gasteiger partial charge >= 0.3 is 0 Å². The molecule has 2 aliphatic rings. The second kappa shape index (κ2) is 10.4. The second-order valence-electron chi connectivity index (χ2n) is 7.84. The number of hydrogen-bond donors (Lipinski definition) is 1. The van der Waals surface area contributed by atoms with Gasteiger partial charge in [0, 0.05) is 0 Å². The Kier molecular flexibility index (Phi) is 7.54. The third kappa shape index (κ3) is 5.24. The highest BCUT2D eigenvalue weighted by Crippen LogP contribution is 2.41. The maximum Gasteiger partial charge on any atom is 0.265 e. The van der Waals surface area contributed by atoms with Gasteiger partial charge in [0.25, 0.3) is 15.9 Å². The van der Waals surface area contributed by atoms with Crippen molar-refractivity contribution in [1.29, 1.82) is 0 Å². The molecule has 1 aromatic heterocycles. The third-order valence-corrected chi connectivity index (χ3v) is 7.97. The van der Waals surface area contributed by atoms with E-state index in [0.717, 1.165) is 18.4 Å². The highest BCUT2D eigenvalue weighted by Gasteiger charge is 2.33. The van der Waals surface area contributed by atoms with E-state index < -0.39 is 15.9 Å². The molecule has 0 atom stereocenters. The van der Waals surface area contributed by atoms with E-state index in [9.17, 15) is 13.2 Å². The van der Waals surface area contributed by atoms with Crippen LogP contribution in [0.3, 0.4) is 0 Å². The van der Waals surface area contributed by atoms with Crippen LogP contribution in [-0.2, 0) is 10.0 Å². The zero-order chi connectivity index (χ0) is 25.2. The second-order valence-corrected chi connectivity index (χ2v) is 10.5. The van der Waals surface area contributed by atoms with Gasteiger partial charge in [-0.1, -0.05) is 55.2 Å². The number of sulfonamides is 1. The molecule has 3 aromatic rings. The zero-order valence-corrected chi connectivity index (χ0v) is 21.6. The van der Waals surface area contributed by atoms with Crippen LogP contribution >= 0.6 is 23.2 Å². The Morgan fingerprint density at radius 1 is 1.06 bits per heavy atom. The van der Waals surface area contributed by atoms with Crippen LogP contribution in [0.2, 0.25) is 10.0 Å². The molecule has 10 heteroatoms. The van der Waals surface area contributed by atoms with Gasteiger partial charge < -0.3 is 10.1 Å². The van der Waals surface area contributed by atoms with Crippen molar-refractivity contribution in [2.45, 2.75) is 37.5 Å². The number of hydrogen-bond acceptors (Lipinski definition) is 5. The first kappa shape index (κ1) is 25.3. The maximum absolute atomic E-state index is 13.5. The molecule has 0 radical (unpaired) electrons. The van der Waals surface area contributed by atoms with Gasteiger partial charge in [0.2, 0.25) is 0 Å². The van der Waals surface area contributed by atoms with Gasteiger partial charge in [0.15, 0.2) is 11.6 Å². The minimum absolute atomic E-state index is 0.101. The number of nitrogens with zero attached hydrogens (tertiary/aromatic N) is 2. The first-order chi connectivity index (χ1) is 16.8. The lowest BCUT2D eigenvalue weighted by atomic mass is 10.1. The number of halogens is 2. The number of carbonyl (C=O) groups is 1. The van der Waals surface area contributed by atoms with E-state index in [2.05, 4.69) is 10.3 Å². The van der Waals surface area contributed by atoms with Gasteiger partial charge in [0.05, 0.1) is 27.0 Å². The molecule has 0 bridgehead atoms. The molecule has 0 spiro atoms. The Bertz CT molecular complexity index is 1340. The number of fused-ring (bicyclic) bond motifs is 1. The summed E-state index contributed by atoms with van der Waals surface area (Å²) in [6, 6.07) is 14.9. The van der Waals surface area contributed by atoms with E-state index in [1.807, 2.05) is 19.9 Å². The quantitative estimate of drug-likeness (QED) is 0.425. The molecule has 184 valence electrons.